The SMILES string of the molecule is CCOC(C)(CC(C)C)C(=O)Nc1ccc(OC)c2ccccc12. The van der Waals surface area contributed by atoms with E-state index in [4.69, 9.17) is 9.47 Å². The lowest BCUT2D eigenvalue weighted by atomic mass is 9.92. The summed E-state index contributed by atoms with van der Waals surface area (Å²) in [5.41, 5.74) is -0.0738. The fourth-order valence-electron chi connectivity index (χ4n) is 3.13. The third kappa shape index (κ3) is 3.88. The number of ether oxygens (including phenoxy) is 2. The second kappa shape index (κ2) is 7.67. The molecule has 0 radical (unpaired) electrons. The number of rotatable bonds is 7. The highest BCUT2D eigenvalue weighted by molar-refractivity contribution is 6.06. The molecule has 0 aliphatic rings. The summed E-state index contributed by atoms with van der Waals surface area (Å²) >= 11 is 0. The van der Waals surface area contributed by atoms with Gasteiger partial charge in [0.1, 0.15) is 11.4 Å². The number of nitrogens with one attached hydrogen (secondary N) is 1. The van der Waals surface area contributed by atoms with Gasteiger partial charge in [0, 0.05) is 23.1 Å². The molecule has 0 bridgehead atoms. The van der Waals surface area contributed by atoms with Crippen LogP contribution < -0.4 is 10.1 Å². The molecule has 0 aliphatic heterocycles. The fraction of sp³-hybridized carbons (Fsp3) is 0.450. The molecule has 130 valence electrons. The summed E-state index contributed by atoms with van der Waals surface area (Å²) in [6.07, 6.45) is 0.667. The molecular weight excluding hydrogens is 302 g/mol. The Morgan fingerprint density at radius 2 is 1.83 bits per heavy atom. The zero-order valence-corrected chi connectivity index (χ0v) is 15.2. The van der Waals surface area contributed by atoms with Crippen LogP contribution in [0, 0.1) is 5.92 Å². The Hall–Kier alpha value is -2.07. The van der Waals surface area contributed by atoms with Crippen LogP contribution in [0.25, 0.3) is 10.8 Å². The first-order chi connectivity index (χ1) is 11.4. The first-order valence-electron chi connectivity index (χ1n) is 8.42. The number of carbonyl (C=O) groups is 1. The van der Waals surface area contributed by atoms with Crippen LogP contribution in [0.1, 0.15) is 34.1 Å². The Morgan fingerprint density at radius 3 is 2.42 bits per heavy atom. The van der Waals surface area contributed by atoms with Gasteiger partial charge in [0.2, 0.25) is 0 Å². The molecule has 0 saturated heterocycles. The molecule has 1 amide bonds. The molecule has 0 saturated carbocycles. The van der Waals surface area contributed by atoms with Gasteiger partial charge in [-0.15, -0.1) is 0 Å². The van der Waals surface area contributed by atoms with Crippen LogP contribution in [0.3, 0.4) is 0 Å². The number of amides is 1. The van der Waals surface area contributed by atoms with Gasteiger partial charge >= 0.3 is 0 Å². The Morgan fingerprint density at radius 1 is 1.17 bits per heavy atom. The molecule has 2 aromatic carbocycles. The van der Waals surface area contributed by atoms with Crippen LogP contribution in [-0.2, 0) is 9.53 Å². The van der Waals surface area contributed by atoms with E-state index in [2.05, 4.69) is 19.2 Å². The first-order valence-corrected chi connectivity index (χ1v) is 8.42. The maximum atomic E-state index is 12.9. The zero-order valence-electron chi connectivity index (χ0n) is 15.2. The minimum atomic E-state index is -0.843. The average Bonchev–Trinajstić information content (AvgIpc) is 2.54. The lowest BCUT2D eigenvalue weighted by Gasteiger charge is -2.30. The van der Waals surface area contributed by atoms with E-state index < -0.39 is 5.60 Å². The maximum Gasteiger partial charge on any atom is 0.256 e. The number of fused-ring (bicyclic) bond motifs is 1. The summed E-state index contributed by atoms with van der Waals surface area (Å²) in [7, 11) is 1.65. The number of hydrogen-bond acceptors (Lipinski definition) is 3. The summed E-state index contributed by atoms with van der Waals surface area (Å²) in [4.78, 5) is 12.9. The van der Waals surface area contributed by atoms with Gasteiger partial charge in [-0.3, -0.25) is 4.79 Å². The van der Waals surface area contributed by atoms with Crippen LogP contribution in [0.2, 0.25) is 0 Å². The van der Waals surface area contributed by atoms with E-state index in [1.807, 2.05) is 50.2 Å². The zero-order chi connectivity index (χ0) is 17.7. The minimum absolute atomic E-state index is 0.117. The Bertz CT molecular complexity index is 711. The number of carbonyl (C=O) groups excluding carboxylic acids is 1. The standard InChI is InChI=1S/C20H27NO3/c1-6-24-20(4,13-14(2)3)19(22)21-17-11-12-18(23-5)16-10-8-7-9-15(16)17/h7-12,14H,6,13H2,1-5H3,(H,21,22). The molecule has 0 aromatic heterocycles. The molecule has 2 aromatic rings. The molecule has 4 heteroatoms. The normalized spacial score (nSPS) is 13.8. The molecule has 4 nitrogen and oxygen atoms in total. The molecule has 0 heterocycles. The number of anilines is 1. The smallest absolute Gasteiger partial charge is 0.256 e. The lowest BCUT2D eigenvalue weighted by Crippen LogP contribution is -2.44. The van der Waals surface area contributed by atoms with E-state index in [9.17, 15) is 4.79 Å². The van der Waals surface area contributed by atoms with E-state index in [1.54, 1.807) is 7.11 Å². The van der Waals surface area contributed by atoms with Crippen molar-refractivity contribution in [3.05, 3.63) is 36.4 Å². The predicted octanol–water partition coefficient (Wildman–Crippen LogP) is 4.63. The van der Waals surface area contributed by atoms with Crippen LogP contribution in [-0.4, -0.2) is 25.2 Å². The van der Waals surface area contributed by atoms with Crippen molar-refractivity contribution in [2.45, 2.75) is 39.7 Å². The highest BCUT2D eigenvalue weighted by atomic mass is 16.5. The van der Waals surface area contributed by atoms with Crippen LogP contribution >= 0.6 is 0 Å². The minimum Gasteiger partial charge on any atom is -0.496 e. The first kappa shape index (κ1) is 18.3. The molecule has 1 N–H and O–H groups in total. The lowest BCUT2D eigenvalue weighted by molar-refractivity contribution is -0.140. The van der Waals surface area contributed by atoms with Crippen molar-refractivity contribution in [3.63, 3.8) is 0 Å². The second-order valence-corrected chi connectivity index (χ2v) is 6.58. The summed E-state index contributed by atoms with van der Waals surface area (Å²) in [5.74, 6) is 1.03. The third-order valence-corrected chi connectivity index (χ3v) is 4.09. The highest BCUT2D eigenvalue weighted by Gasteiger charge is 2.35. The van der Waals surface area contributed by atoms with Gasteiger partial charge in [0.05, 0.1) is 7.11 Å². The summed E-state index contributed by atoms with van der Waals surface area (Å²) < 4.78 is 11.2. The molecule has 0 aliphatic carbocycles. The summed E-state index contributed by atoms with van der Waals surface area (Å²) in [6, 6.07) is 11.6. The van der Waals surface area contributed by atoms with Crippen LogP contribution in [0.15, 0.2) is 36.4 Å². The summed E-state index contributed by atoms with van der Waals surface area (Å²) in [5, 5.41) is 4.97. The maximum absolute atomic E-state index is 12.9. The van der Waals surface area contributed by atoms with E-state index in [0.29, 0.717) is 18.9 Å². The largest absolute Gasteiger partial charge is 0.496 e. The monoisotopic (exact) mass is 329 g/mol. The van der Waals surface area contributed by atoms with Gasteiger partial charge in [-0.2, -0.15) is 0 Å². The van der Waals surface area contributed by atoms with Crippen LogP contribution in [0.4, 0.5) is 5.69 Å². The van der Waals surface area contributed by atoms with E-state index in [0.717, 1.165) is 22.2 Å². The van der Waals surface area contributed by atoms with Crippen molar-refractivity contribution in [1.82, 2.24) is 0 Å². The number of methoxy groups -OCH3 is 1. The second-order valence-electron chi connectivity index (χ2n) is 6.58. The van der Waals surface area contributed by atoms with Crippen molar-refractivity contribution in [2.75, 3.05) is 19.0 Å². The molecule has 0 spiro atoms. The molecule has 1 unspecified atom stereocenters. The van der Waals surface area contributed by atoms with Gasteiger partial charge in [-0.25, -0.2) is 0 Å². The Labute approximate surface area is 144 Å². The molecule has 1 atom stereocenters. The van der Waals surface area contributed by atoms with Crippen LogP contribution in [0.5, 0.6) is 5.75 Å². The average molecular weight is 329 g/mol. The molecule has 24 heavy (non-hydrogen) atoms. The molecular formula is C20H27NO3. The van der Waals surface area contributed by atoms with Crippen molar-refractivity contribution >= 4 is 22.4 Å². The number of benzene rings is 2. The molecule has 2 rings (SSSR count). The van der Waals surface area contributed by atoms with Gasteiger partial charge < -0.3 is 14.8 Å². The van der Waals surface area contributed by atoms with Gasteiger partial charge in [0.25, 0.3) is 5.91 Å². The van der Waals surface area contributed by atoms with Crippen molar-refractivity contribution in [1.29, 1.82) is 0 Å². The summed E-state index contributed by atoms with van der Waals surface area (Å²) in [6.45, 7) is 8.45. The van der Waals surface area contributed by atoms with Gasteiger partial charge in [-0.1, -0.05) is 38.1 Å². The highest BCUT2D eigenvalue weighted by Crippen LogP contribution is 2.32. The van der Waals surface area contributed by atoms with E-state index in [-0.39, 0.29) is 5.91 Å². The Kier molecular flexibility index (Phi) is 5.84. The third-order valence-electron chi connectivity index (χ3n) is 4.09. The van der Waals surface area contributed by atoms with E-state index >= 15 is 0 Å². The fourth-order valence-corrected chi connectivity index (χ4v) is 3.13. The van der Waals surface area contributed by atoms with E-state index in [1.165, 1.54) is 0 Å². The van der Waals surface area contributed by atoms with Gasteiger partial charge in [-0.05, 0) is 38.3 Å². The van der Waals surface area contributed by atoms with Gasteiger partial charge in [0.15, 0.2) is 0 Å². The number of hydrogen-bond donors (Lipinski definition) is 1. The quantitative estimate of drug-likeness (QED) is 0.806. The Balaban J connectivity index is 2.36. The van der Waals surface area contributed by atoms with Crippen molar-refractivity contribution < 1.29 is 14.3 Å². The topological polar surface area (TPSA) is 47.6 Å². The van der Waals surface area contributed by atoms with Crippen molar-refractivity contribution in [2.24, 2.45) is 5.92 Å². The predicted molar refractivity (Wildman–Crippen MR) is 98.6 cm³/mol. The molecule has 0 fully saturated rings. The van der Waals surface area contributed by atoms with Crippen molar-refractivity contribution in [3.8, 4) is 5.75 Å².